The number of nitrogens with one attached hydrogen (secondary N) is 1. The van der Waals surface area contributed by atoms with E-state index < -0.39 is 0 Å². The van der Waals surface area contributed by atoms with Crippen LogP contribution in [0.1, 0.15) is 48.8 Å². The number of aryl methyl sites for hydroxylation is 1. The Morgan fingerprint density at radius 2 is 2.10 bits per heavy atom. The van der Waals surface area contributed by atoms with E-state index in [1.54, 1.807) is 6.20 Å². The number of aromatic nitrogens is 2. The van der Waals surface area contributed by atoms with Crippen molar-refractivity contribution < 1.29 is 4.79 Å². The fourth-order valence-electron chi connectivity index (χ4n) is 2.09. The molecule has 0 spiro atoms. The molecule has 1 N–H and O–H groups in total. The van der Waals surface area contributed by atoms with Gasteiger partial charge in [-0.1, -0.05) is 37.8 Å². The number of fused-ring (bicyclic) bond motifs is 1. The van der Waals surface area contributed by atoms with E-state index >= 15 is 0 Å². The maximum absolute atomic E-state index is 12.0. The van der Waals surface area contributed by atoms with Crippen molar-refractivity contribution in [3.8, 4) is 0 Å². The van der Waals surface area contributed by atoms with Gasteiger partial charge < -0.3 is 5.32 Å². The molecule has 0 saturated carbocycles. The SMILES string of the molecule is CCCCCCNC(=O)c1ncc2cc(C)ccc2n1. The van der Waals surface area contributed by atoms with Crippen molar-refractivity contribution >= 4 is 16.8 Å². The van der Waals surface area contributed by atoms with Crippen LogP contribution in [0.15, 0.2) is 24.4 Å². The molecule has 106 valence electrons. The van der Waals surface area contributed by atoms with Crippen LogP contribution in [0.4, 0.5) is 0 Å². The van der Waals surface area contributed by atoms with E-state index in [1.807, 2.05) is 25.1 Å². The van der Waals surface area contributed by atoms with Crippen molar-refractivity contribution in [1.29, 1.82) is 0 Å². The number of rotatable bonds is 6. The maximum Gasteiger partial charge on any atom is 0.289 e. The minimum atomic E-state index is -0.191. The number of hydrogen-bond donors (Lipinski definition) is 1. The smallest absolute Gasteiger partial charge is 0.289 e. The summed E-state index contributed by atoms with van der Waals surface area (Å²) in [7, 11) is 0. The maximum atomic E-state index is 12.0. The highest BCUT2D eigenvalue weighted by molar-refractivity contribution is 5.92. The van der Waals surface area contributed by atoms with E-state index in [9.17, 15) is 4.79 Å². The zero-order valence-corrected chi connectivity index (χ0v) is 12.1. The molecule has 2 aromatic rings. The van der Waals surface area contributed by atoms with Crippen molar-refractivity contribution in [2.24, 2.45) is 0 Å². The molecule has 0 aliphatic heterocycles. The highest BCUT2D eigenvalue weighted by Gasteiger charge is 2.09. The lowest BCUT2D eigenvalue weighted by molar-refractivity contribution is 0.0943. The van der Waals surface area contributed by atoms with Crippen LogP contribution in [0.3, 0.4) is 0 Å². The van der Waals surface area contributed by atoms with Crippen LogP contribution in [0.5, 0.6) is 0 Å². The van der Waals surface area contributed by atoms with Crippen LogP contribution < -0.4 is 5.32 Å². The third-order valence-electron chi connectivity index (χ3n) is 3.25. The number of unbranched alkanes of at least 4 members (excludes halogenated alkanes) is 3. The molecule has 0 saturated heterocycles. The number of carbonyl (C=O) groups is 1. The van der Waals surface area contributed by atoms with Crippen molar-refractivity contribution in [3.63, 3.8) is 0 Å². The zero-order chi connectivity index (χ0) is 14.4. The predicted molar refractivity (Wildman–Crippen MR) is 80.8 cm³/mol. The van der Waals surface area contributed by atoms with Crippen molar-refractivity contribution in [1.82, 2.24) is 15.3 Å². The van der Waals surface area contributed by atoms with Gasteiger partial charge in [0.25, 0.3) is 5.91 Å². The van der Waals surface area contributed by atoms with Crippen LogP contribution >= 0.6 is 0 Å². The molecule has 20 heavy (non-hydrogen) atoms. The summed E-state index contributed by atoms with van der Waals surface area (Å²) in [6.07, 6.45) is 6.27. The quantitative estimate of drug-likeness (QED) is 0.820. The molecule has 1 aromatic carbocycles. The van der Waals surface area contributed by atoms with Gasteiger partial charge in [0.1, 0.15) is 0 Å². The average molecular weight is 271 g/mol. The van der Waals surface area contributed by atoms with Gasteiger partial charge in [-0.25, -0.2) is 9.97 Å². The van der Waals surface area contributed by atoms with E-state index in [4.69, 9.17) is 0 Å². The Labute approximate surface area is 119 Å². The van der Waals surface area contributed by atoms with Crippen molar-refractivity contribution in [3.05, 3.63) is 35.8 Å². The standard InChI is InChI=1S/C16H21N3O/c1-3-4-5-6-9-17-16(20)15-18-11-13-10-12(2)7-8-14(13)19-15/h7-8,10-11H,3-6,9H2,1-2H3,(H,17,20). The summed E-state index contributed by atoms with van der Waals surface area (Å²) in [6, 6.07) is 5.92. The first-order chi connectivity index (χ1) is 9.70. The Balaban J connectivity index is 1.98. The molecule has 0 radical (unpaired) electrons. The molecular weight excluding hydrogens is 250 g/mol. The fraction of sp³-hybridized carbons (Fsp3) is 0.438. The number of carbonyl (C=O) groups excluding carboxylic acids is 1. The molecule has 1 heterocycles. The van der Waals surface area contributed by atoms with Gasteiger partial charge in [-0.15, -0.1) is 0 Å². The molecule has 1 aromatic heterocycles. The molecular formula is C16H21N3O. The Hall–Kier alpha value is -1.97. The number of benzene rings is 1. The monoisotopic (exact) mass is 271 g/mol. The van der Waals surface area contributed by atoms with Gasteiger partial charge in [-0.3, -0.25) is 4.79 Å². The minimum Gasteiger partial charge on any atom is -0.349 e. The Bertz CT molecular complexity index is 595. The lowest BCUT2D eigenvalue weighted by Crippen LogP contribution is -2.26. The van der Waals surface area contributed by atoms with E-state index in [0.29, 0.717) is 6.54 Å². The van der Waals surface area contributed by atoms with Crippen molar-refractivity contribution in [2.75, 3.05) is 6.54 Å². The summed E-state index contributed by atoms with van der Waals surface area (Å²) in [4.78, 5) is 20.4. The topological polar surface area (TPSA) is 54.9 Å². The van der Waals surface area contributed by atoms with Gasteiger partial charge in [0.2, 0.25) is 5.82 Å². The summed E-state index contributed by atoms with van der Waals surface area (Å²) in [5, 5.41) is 3.83. The molecule has 0 fully saturated rings. The molecule has 1 amide bonds. The largest absolute Gasteiger partial charge is 0.349 e. The second-order valence-electron chi connectivity index (χ2n) is 5.07. The van der Waals surface area contributed by atoms with Crippen LogP contribution in [0.25, 0.3) is 10.9 Å². The van der Waals surface area contributed by atoms with Crippen LogP contribution in [-0.4, -0.2) is 22.4 Å². The first-order valence-electron chi connectivity index (χ1n) is 7.22. The van der Waals surface area contributed by atoms with Crippen LogP contribution in [-0.2, 0) is 0 Å². The van der Waals surface area contributed by atoms with Crippen LogP contribution in [0, 0.1) is 6.92 Å². The summed E-state index contributed by atoms with van der Waals surface area (Å²) in [5.41, 5.74) is 1.97. The molecule has 4 nitrogen and oxygen atoms in total. The molecule has 0 bridgehead atoms. The van der Waals surface area contributed by atoms with Gasteiger partial charge >= 0.3 is 0 Å². The molecule has 0 atom stereocenters. The van der Waals surface area contributed by atoms with Gasteiger partial charge in [0.15, 0.2) is 0 Å². The zero-order valence-electron chi connectivity index (χ0n) is 12.1. The normalized spacial score (nSPS) is 10.7. The Morgan fingerprint density at radius 3 is 2.90 bits per heavy atom. The van der Waals surface area contributed by atoms with Gasteiger partial charge in [-0.05, 0) is 25.5 Å². The summed E-state index contributed by atoms with van der Waals surface area (Å²) in [5.74, 6) is 0.0563. The molecule has 4 heteroatoms. The van der Waals surface area contributed by atoms with E-state index in [0.717, 1.165) is 29.3 Å². The lowest BCUT2D eigenvalue weighted by Gasteiger charge is -2.05. The van der Waals surface area contributed by atoms with E-state index in [2.05, 4.69) is 22.2 Å². The number of nitrogens with zero attached hydrogens (tertiary/aromatic N) is 2. The first-order valence-corrected chi connectivity index (χ1v) is 7.22. The second kappa shape index (κ2) is 6.98. The highest BCUT2D eigenvalue weighted by Crippen LogP contribution is 2.12. The van der Waals surface area contributed by atoms with Gasteiger partial charge in [-0.2, -0.15) is 0 Å². The summed E-state index contributed by atoms with van der Waals surface area (Å²) >= 11 is 0. The molecule has 0 aliphatic carbocycles. The minimum absolute atomic E-state index is 0.191. The van der Waals surface area contributed by atoms with E-state index in [1.165, 1.54) is 12.8 Å². The predicted octanol–water partition coefficient (Wildman–Crippen LogP) is 3.25. The lowest BCUT2D eigenvalue weighted by atomic mass is 10.2. The molecule has 0 unspecified atom stereocenters. The summed E-state index contributed by atoms with van der Waals surface area (Å²) < 4.78 is 0. The molecule has 2 rings (SSSR count). The van der Waals surface area contributed by atoms with Crippen LogP contribution in [0.2, 0.25) is 0 Å². The van der Waals surface area contributed by atoms with Gasteiger partial charge in [0.05, 0.1) is 5.52 Å². The molecule has 0 aliphatic rings. The van der Waals surface area contributed by atoms with Crippen molar-refractivity contribution in [2.45, 2.75) is 39.5 Å². The second-order valence-corrected chi connectivity index (χ2v) is 5.07. The fourth-order valence-corrected chi connectivity index (χ4v) is 2.09. The number of hydrogen-bond acceptors (Lipinski definition) is 3. The first kappa shape index (κ1) is 14.4. The number of amides is 1. The summed E-state index contributed by atoms with van der Waals surface area (Å²) in [6.45, 7) is 4.88. The highest BCUT2D eigenvalue weighted by atomic mass is 16.2. The average Bonchev–Trinajstić information content (AvgIpc) is 2.46. The van der Waals surface area contributed by atoms with E-state index in [-0.39, 0.29) is 11.7 Å². The third kappa shape index (κ3) is 3.76. The Morgan fingerprint density at radius 1 is 1.25 bits per heavy atom. The Kier molecular flexibility index (Phi) is 5.04. The third-order valence-corrected chi connectivity index (χ3v) is 3.25. The van der Waals surface area contributed by atoms with Gasteiger partial charge in [0, 0.05) is 18.1 Å².